The highest BCUT2D eigenvalue weighted by Gasteiger charge is 2.65. The molecule has 4 unspecified atom stereocenters. The Morgan fingerprint density at radius 2 is 1.88 bits per heavy atom. The highest BCUT2D eigenvalue weighted by atomic mass is 16.4. The summed E-state index contributed by atoms with van der Waals surface area (Å²) in [5, 5.41) is 11.9. The molecule has 3 aliphatic rings. The fourth-order valence-corrected chi connectivity index (χ4v) is 6.58. The van der Waals surface area contributed by atoms with E-state index in [4.69, 9.17) is 4.42 Å². The molecule has 4 rings (SSSR count). The molecular weight excluding hydrogens is 312 g/mol. The summed E-state index contributed by atoms with van der Waals surface area (Å²) in [5.74, 6) is 1.11. The first-order chi connectivity index (χ1) is 11.7. The Bertz CT molecular complexity index is 740. The lowest BCUT2D eigenvalue weighted by Crippen LogP contribution is -2.59. The molecule has 3 heteroatoms. The molecule has 136 valence electrons. The Labute approximate surface area is 150 Å². The van der Waals surface area contributed by atoms with Gasteiger partial charge in [0.05, 0.1) is 11.9 Å². The van der Waals surface area contributed by atoms with Gasteiger partial charge in [-0.15, -0.1) is 0 Å². The maximum Gasteiger partial charge on any atom is 0.335 e. The molecule has 0 aliphatic heterocycles. The molecule has 0 radical (unpaired) electrons. The van der Waals surface area contributed by atoms with E-state index in [0.29, 0.717) is 11.8 Å². The van der Waals surface area contributed by atoms with Crippen molar-refractivity contribution in [3.63, 3.8) is 0 Å². The Morgan fingerprint density at radius 3 is 2.56 bits per heavy atom. The quantitative estimate of drug-likeness (QED) is 0.755. The van der Waals surface area contributed by atoms with Crippen LogP contribution in [0.1, 0.15) is 70.8 Å². The first-order valence-corrected chi connectivity index (χ1v) is 9.69. The third-order valence-electron chi connectivity index (χ3n) is 8.37. The van der Waals surface area contributed by atoms with Crippen molar-refractivity contribution < 1.29 is 9.52 Å². The zero-order chi connectivity index (χ0) is 18.0. The zero-order valence-corrected chi connectivity index (χ0v) is 15.7. The third kappa shape index (κ3) is 2.17. The Hall–Kier alpha value is -1.35. The summed E-state index contributed by atoms with van der Waals surface area (Å²) >= 11 is 0. The van der Waals surface area contributed by atoms with Gasteiger partial charge in [0.2, 0.25) is 0 Å². The van der Waals surface area contributed by atoms with Crippen LogP contribution in [-0.4, -0.2) is 10.7 Å². The third-order valence-corrected chi connectivity index (χ3v) is 8.37. The summed E-state index contributed by atoms with van der Waals surface area (Å²) in [7, 11) is 0. The molecule has 3 saturated carbocycles. The molecule has 3 nitrogen and oxygen atoms in total. The van der Waals surface area contributed by atoms with E-state index >= 15 is 0 Å². The summed E-state index contributed by atoms with van der Waals surface area (Å²) in [6, 6.07) is 3.40. The number of rotatable bonds is 1. The molecule has 3 aliphatic carbocycles. The van der Waals surface area contributed by atoms with Gasteiger partial charge in [0, 0.05) is 11.5 Å². The lowest BCUT2D eigenvalue weighted by Gasteiger charge is -2.60. The van der Waals surface area contributed by atoms with Crippen LogP contribution >= 0.6 is 0 Å². The molecule has 1 aromatic rings. The van der Waals surface area contributed by atoms with E-state index in [-0.39, 0.29) is 22.4 Å². The minimum Gasteiger partial charge on any atom is -0.431 e. The van der Waals surface area contributed by atoms with Gasteiger partial charge < -0.3 is 9.52 Å². The van der Waals surface area contributed by atoms with Gasteiger partial charge >= 0.3 is 5.63 Å². The maximum atomic E-state index is 11.9. The average Bonchev–Trinajstić information content (AvgIpc) is 2.84. The van der Waals surface area contributed by atoms with Gasteiger partial charge in [0.25, 0.3) is 0 Å². The van der Waals surface area contributed by atoms with Crippen molar-refractivity contribution in [3.8, 4) is 0 Å². The smallest absolute Gasteiger partial charge is 0.335 e. The molecule has 0 bridgehead atoms. The van der Waals surface area contributed by atoms with Crippen molar-refractivity contribution >= 4 is 0 Å². The second-order valence-electron chi connectivity index (χ2n) is 9.44. The molecule has 0 saturated heterocycles. The summed E-state index contributed by atoms with van der Waals surface area (Å²) in [6.45, 7) is 11.2. The van der Waals surface area contributed by atoms with Crippen molar-refractivity contribution in [2.24, 2.45) is 22.7 Å². The standard InChI is InChI=1S/C22H30O3/c1-14-5-7-18-17(20(14,2)3)9-11-21(4)16(10-12-22(18,21)24)15-6-8-19(23)25-13-15/h6,8,13,16-18,24H,1,5,7,9-12H2,2-4H3/t16-,17?,18?,21?,22?/m1/s1. The van der Waals surface area contributed by atoms with Gasteiger partial charge in [-0.2, -0.15) is 0 Å². The van der Waals surface area contributed by atoms with E-state index in [9.17, 15) is 9.90 Å². The Morgan fingerprint density at radius 1 is 1.12 bits per heavy atom. The topological polar surface area (TPSA) is 50.4 Å². The molecule has 25 heavy (non-hydrogen) atoms. The van der Waals surface area contributed by atoms with Gasteiger partial charge in [-0.3, -0.25) is 0 Å². The molecule has 5 atom stereocenters. The molecular formula is C22H30O3. The summed E-state index contributed by atoms with van der Waals surface area (Å²) in [6.07, 6.45) is 7.66. The maximum absolute atomic E-state index is 11.9. The molecule has 3 fully saturated rings. The SMILES string of the molecule is C=C1CCC2C(CCC3(C)[C@@H](c4ccc(=O)oc4)CCC23O)C1(C)C. The van der Waals surface area contributed by atoms with Gasteiger partial charge in [-0.1, -0.05) is 32.9 Å². The van der Waals surface area contributed by atoms with E-state index in [0.717, 1.165) is 44.1 Å². The van der Waals surface area contributed by atoms with Crippen LogP contribution in [0.2, 0.25) is 0 Å². The van der Waals surface area contributed by atoms with Crippen LogP contribution in [0.5, 0.6) is 0 Å². The summed E-state index contributed by atoms with van der Waals surface area (Å²) < 4.78 is 5.13. The Kier molecular flexibility index (Phi) is 3.64. The predicted molar refractivity (Wildman–Crippen MR) is 98.4 cm³/mol. The van der Waals surface area contributed by atoms with Crippen LogP contribution in [-0.2, 0) is 0 Å². The predicted octanol–water partition coefficient (Wildman–Crippen LogP) is 4.66. The molecule has 0 amide bonds. The van der Waals surface area contributed by atoms with Crippen molar-refractivity contribution in [2.45, 2.75) is 70.8 Å². The molecule has 0 aromatic carbocycles. The fraction of sp³-hybridized carbons (Fsp3) is 0.682. The van der Waals surface area contributed by atoms with Gasteiger partial charge in [0.1, 0.15) is 0 Å². The largest absolute Gasteiger partial charge is 0.431 e. The molecule has 1 heterocycles. The van der Waals surface area contributed by atoms with Gasteiger partial charge in [0.15, 0.2) is 0 Å². The highest BCUT2D eigenvalue weighted by Crippen LogP contribution is 2.68. The lowest BCUT2D eigenvalue weighted by atomic mass is 9.47. The van der Waals surface area contributed by atoms with Crippen LogP contribution < -0.4 is 5.63 Å². The fourth-order valence-electron chi connectivity index (χ4n) is 6.58. The van der Waals surface area contributed by atoms with Gasteiger partial charge in [-0.25, -0.2) is 4.79 Å². The summed E-state index contributed by atoms with van der Waals surface area (Å²) in [4.78, 5) is 11.3. The first kappa shape index (κ1) is 17.1. The zero-order valence-electron chi connectivity index (χ0n) is 15.7. The van der Waals surface area contributed by atoms with Crippen LogP contribution in [0.15, 0.2) is 39.8 Å². The number of aliphatic hydroxyl groups is 1. The van der Waals surface area contributed by atoms with E-state index in [2.05, 4.69) is 27.4 Å². The minimum absolute atomic E-state index is 0.109. The normalized spacial score (nSPS) is 42.7. The molecule has 1 aromatic heterocycles. The highest BCUT2D eigenvalue weighted by molar-refractivity contribution is 5.28. The lowest BCUT2D eigenvalue weighted by molar-refractivity contribution is -0.173. The number of hydrogen-bond acceptors (Lipinski definition) is 3. The van der Waals surface area contributed by atoms with E-state index in [1.807, 2.05) is 6.07 Å². The number of allylic oxidation sites excluding steroid dienone is 1. The van der Waals surface area contributed by atoms with Crippen LogP contribution in [0.3, 0.4) is 0 Å². The first-order valence-electron chi connectivity index (χ1n) is 9.69. The molecule has 0 spiro atoms. The van der Waals surface area contributed by atoms with Crippen LogP contribution in [0, 0.1) is 22.7 Å². The Balaban J connectivity index is 1.72. The van der Waals surface area contributed by atoms with Crippen LogP contribution in [0.25, 0.3) is 0 Å². The second-order valence-corrected chi connectivity index (χ2v) is 9.44. The monoisotopic (exact) mass is 342 g/mol. The van der Waals surface area contributed by atoms with Crippen molar-refractivity contribution in [3.05, 3.63) is 46.5 Å². The van der Waals surface area contributed by atoms with Crippen LogP contribution in [0.4, 0.5) is 0 Å². The minimum atomic E-state index is -0.630. The van der Waals surface area contributed by atoms with Crippen molar-refractivity contribution in [1.82, 2.24) is 0 Å². The van der Waals surface area contributed by atoms with E-state index < -0.39 is 5.60 Å². The molecule has 1 N–H and O–H groups in total. The van der Waals surface area contributed by atoms with Crippen molar-refractivity contribution in [2.75, 3.05) is 0 Å². The van der Waals surface area contributed by atoms with E-state index in [1.54, 1.807) is 6.26 Å². The van der Waals surface area contributed by atoms with Gasteiger partial charge in [-0.05, 0) is 73.3 Å². The van der Waals surface area contributed by atoms with Crippen molar-refractivity contribution in [1.29, 1.82) is 0 Å². The number of hydrogen-bond donors (Lipinski definition) is 1. The number of fused-ring (bicyclic) bond motifs is 3. The summed E-state index contributed by atoms with van der Waals surface area (Å²) in [5.41, 5.74) is 1.43. The second kappa shape index (κ2) is 5.33. The average molecular weight is 342 g/mol. The van der Waals surface area contributed by atoms with E-state index in [1.165, 1.54) is 11.6 Å².